The number of hydrogen-bond donors (Lipinski definition) is 0. The Balaban J connectivity index is 1.48. The van der Waals surface area contributed by atoms with Crippen LogP contribution in [-0.4, -0.2) is 22.6 Å². The van der Waals surface area contributed by atoms with Gasteiger partial charge < -0.3 is 14.2 Å². The van der Waals surface area contributed by atoms with Crippen molar-refractivity contribution in [2.24, 2.45) is 0 Å². The van der Waals surface area contributed by atoms with E-state index in [0.717, 1.165) is 47.5 Å². The molecule has 5 nitrogen and oxygen atoms in total. The van der Waals surface area contributed by atoms with Crippen LogP contribution in [-0.2, 0) is 17.8 Å². The van der Waals surface area contributed by atoms with Crippen LogP contribution in [0.5, 0.6) is 5.75 Å². The molecule has 1 amide bonds. The molecule has 1 heterocycles. The van der Waals surface area contributed by atoms with Crippen LogP contribution in [0.1, 0.15) is 60.8 Å². The van der Waals surface area contributed by atoms with Crippen LogP contribution in [0.25, 0.3) is 5.69 Å². The van der Waals surface area contributed by atoms with Crippen molar-refractivity contribution < 1.29 is 9.53 Å². The number of imidazole rings is 1. The molecule has 1 aromatic heterocycles. The summed E-state index contributed by atoms with van der Waals surface area (Å²) in [4.78, 5) is 20.3. The molecule has 184 valence electrons. The van der Waals surface area contributed by atoms with Gasteiger partial charge in [0.05, 0.1) is 25.9 Å². The van der Waals surface area contributed by atoms with Gasteiger partial charge >= 0.3 is 0 Å². The van der Waals surface area contributed by atoms with E-state index in [1.165, 1.54) is 11.1 Å². The molecule has 3 aromatic carbocycles. The lowest BCUT2D eigenvalue weighted by molar-refractivity contribution is -0.120. The van der Waals surface area contributed by atoms with Crippen LogP contribution in [0.3, 0.4) is 0 Å². The number of ether oxygens (including phenoxy) is 1. The largest absolute Gasteiger partial charge is 0.497 e. The molecule has 0 aliphatic heterocycles. The number of hydrogen-bond acceptors (Lipinski definition) is 3. The number of benzene rings is 3. The van der Waals surface area contributed by atoms with Gasteiger partial charge in [-0.3, -0.25) is 4.79 Å². The van der Waals surface area contributed by atoms with Crippen LogP contribution in [0.4, 0.5) is 5.69 Å². The number of amides is 1. The van der Waals surface area contributed by atoms with E-state index in [0.29, 0.717) is 12.5 Å². The first-order chi connectivity index (χ1) is 17.5. The van der Waals surface area contributed by atoms with E-state index in [1.807, 2.05) is 21.7 Å². The first kappa shape index (κ1) is 23.9. The minimum absolute atomic E-state index is 0.139. The molecule has 5 heteroatoms. The number of carbonyl (C=O) groups excluding carboxylic acids is 1. The summed E-state index contributed by atoms with van der Waals surface area (Å²) in [5, 5.41) is 0. The van der Waals surface area contributed by atoms with Crippen LogP contribution in [0.2, 0.25) is 0 Å². The summed E-state index contributed by atoms with van der Waals surface area (Å²) in [6.45, 7) is 4.89. The standard InChI is InChI=1S/C31H33N3O2/c1-22(2)24-9-14-27(15-10-24)34(20-23-7-12-26(13-8-23)33-18-17-32-21-33)31(35)29-6-4-5-25-11-16-28(36-3)19-30(25)29/h7-19,21-22,29H,4-6,20H2,1-3H3. The summed E-state index contributed by atoms with van der Waals surface area (Å²) in [7, 11) is 1.68. The van der Waals surface area contributed by atoms with Crippen molar-refractivity contribution in [3.05, 3.63) is 108 Å². The Bertz CT molecular complexity index is 1310. The minimum Gasteiger partial charge on any atom is -0.497 e. The Morgan fingerprint density at radius 2 is 1.86 bits per heavy atom. The zero-order valence-corrected chi connectivity index (χ0v) is 21.2. The fourth-order valence-corrected chi connectivity index (χ4v) is 5.05. The van der Waals surface area contributed by atoms with E-state index in [1.54, 1.807) is 19.6 Å². The third-order valence-corrected chi connectivity index (χ3v) is 7.18. The second-order valence-electron chi connectivity index (χ2n) is 9.82. The van der Waals surface area contributed by atoms with Gasteiger partial charge in [-0.05, 0) is 83.8 Å². The van der Waals surface area contributed by atoms with Crippen molar-refractivity contribution in [1.82, 2.24) is 9.55 Å². The summed E-state index contributed by atoms with van der Waals surface area (Å²) in [6, 6.07) is 22.9. The van der Waals surface area contributed by atoms with Crippen molar-refractivity contribution >= 4 is 11.6 Å². The molecule has 0 radical (unpaired) electrons. The first-order valence-electron chi connectivity index (χ1n) is 12.7. The van der Waals surface area contributed by atoms with Crippen LogP contribution < -0.4 is 9.64 Å². The predicted octanol–water partition coefficient (Wildman–Crippen LogP) is 6.66. The number of anilines is 1. The summed E-state index contributed by atoms with van der Waals surface area (Å²) < 4.78 is 7.47. The van der Waals surface area contributed by atoms with Crippen molar-refractivity contribution in [3.63, 3.8) is 0 Å². The van der Waals surface area contributed by atoms with E-state index in [9.17, 15) is 4.79 Å². The van der Waals surface area contributed by atoms with Gasteiger partial charge in [-0.2, -0.15) is 0 Å². The van der Waals surface area contributed by atoms with Gasteiger partial charge in [-0.25, -0.2) is 4.98 Å². The topological polar surface area (TPSA) is 47.4 Å². The fourth-order valence-electron chi connectivity index (χ4n) is 5.05. The van der Waals surface area contributed by atoms with E-state index >= 15 is 0 Å². The molecular formula is C31H33N3O2. The highest BCUT2D eigenvalue weighted by Crippen LogP contribution is 2.37. The van der Waals surface area contributed by atoms with Crippen molar-refractivity contribution in [2.75, 3.05) is 12.0 Å². The van der Waals surface area contributed by atoms with Crippen LogP contribution in [0, 0.1) is 0 Å². The molecule has 5 rings (SSSR count). The number of methoxy groups -OCH3 is 1. The molecule has 0 saturated carbocycles. The van der Waals surface area contributed by atoms with Gasteiger partial charge in [0.15, 0.2) is 0 Å². The van der Waals surface area contributed by atoms with Crippen molar-refractivity contribution in [3.8, 4) is 11.4 Å². The average molecular weight is 480 g/mol. The summed E-state index contributed by atoms with van der Waals surface area (Å²) >= 11 is 0. The van der Waals surface area contributed by atoms with E-state index in [4.69, 9.17) is 4.74 Å². The SMILES string of the molecule is COc1ccc2c(c1)C(C(=O)N(Cc1ccc(-n3ccnc3)cc1)c1ccc(C(C)C)cc1)CCC2. The Morgan fingerprint density at radius 3 is 2.53 bits per heavy atom. The van der Waals surface area contributed by atoms with Crippen LogP contribution >= 0.6 is 0 Å². The van der Waals surface area contributed by atoms with Gasteiger partial charge in [0, 0.05) is 23.8 Å². The van der Waals surface area contributed by atoms with Gasteiger partial charge in [0.25, 0.3) is 0 Å². The molecule has 1 unspecified atom stereocenters. The molecule has 0 bridgehead atoms. The minimum atomic E-state index is -0.182. The molecule has 0 N–H and O–H groups in total. The zero-order chi connectivity index (χ0) is 25.1. The maximum atomic E-state index is 14.2. The Labute approximate surface area is 213 Å². The Kier molecular flexibility index (Phi) is 6.90. The number of fused-ring (bicyclic) bond motifs is 1. The van der Waals surface area contributed by atoms with Gasteiger partial charge in [-0.1, -0.05) is 44.2 Å². The zero-order valence-electron chi connectivity index (χ0n) is 21.2. The first-order valence-corrected chi connectivity index (χ1v) is 12.7. The highest BCUT2D eigenvalue weighted by Gasteiger charge is 2.31. The molecule has 0 fully saturated rings. The summed E-state index contributed by atoms with van der Waals surface area (Å²) in [5.74, 6) is 1.20. The van der Waals surface area contributed by atoms with E-state index < -0.39 is 0 Å². The van der Waals surface area contributed by atoms with Gasteiger partial charge in [-0.15, -0.1) is 0 Å². The second kappa shape index (κ2) is 10.4. The van der Waals surface area contributed by atoms with E-state index in [-0.39, 0.29) is 11.8 Å². The third kappa shape index (κ3) is 4.92. The smallest absolute Gasteiger partial charge is 0.234 e. The number of aryl methyl sites for hydroxylation is 1. The molecule has 36 heavy (non-hydrogen) atoms. The molecule has 0 saturated heterocycles. The second-order valence-corrected chi connectivity index (χ2v) is 9.82. The maximum absolute atomic E-state index is 14.2. The Morgan fingerprint density at radius 1 is 1.08 bits per heavy atom. The van der Waals surface area contributed by atoms with Crippen molar-refractivity contribution in [2.45, 2.75) is 51.5 Å². The van der Waals surface area contributed by atoms with E-state index in [2.05, 4.69) is 79.5 Å². The van der Waals surface area contributed by atoms with Crippen LogP contribution in [0.15, 0.2) is 85.5 Å². The maximum Gasteiger partial charge on any atom is 0.234 e. The lowest BCUT2D eigenvalue weighted by Gasteiger charge is -2.31. The molecule has 1 atom stereocenters. The predicted molar refractivity (Wildman–Crippen MR) is 144 cm³/mol. The van der Waals surface area contributed by atoms with Gasteiger partial charge in [0.2, 0.25) is 5.91 Å². The van der Waals surface area contributed by atoms with Gasteiger partial charge in [0.1, 0.15) is 5.75 Å². The quantitative estimate of drug-likeness (QED) is 0.298. The molecule has 1 aliphatic carbocycles. The number of rotatable bonds is 7. The van der Waals surface area contributed by atoms with Crippen molar-refractivity contribution in [1.29, 1.82) is 0 Å². The molecule has 0 spiro atoms. The third-order valence-electron chi connectivity index (χ3n) is 7.18. The highest BCUT2D eigenvalue weighted by molar-refractivity contribution is 5.98. The summed E-state index contributed by atoms with van der Waals surface area (Å²) in [6.07, 6.45) is 8.34. The highest BCUT2D eigenvalue weighted by atomic mass is 16.5. The Hall–Kier alpha value is -3.86. The number of aromatic nitrogens is 2. The summed E-state index contributed by atoms with van der Waals surface area (Å²) in [5.41, 5.74) is 6.68. The lowest BCUT2D eigenvalue weighted by Crippen LogP contribution is -2.36. The monoisotopic (exact) mass is 479 g/mol. The molecule has 4 aromatic rings. The molecule has 1 aliphatic rings. The normalized spacial score (nSPS) is 14.9. The number of nitrogens with zero attached hydrogens (tertiary/aromatic N) is 3. The number of carbonyl (C=O) groups is 1. The molecular weight excluding hydrogens is 446 g/mol. The average Bonchev–Trinajstić information content (AvgIpc) is 3.46. The fraction of sp³-hybridized carbons (Fsp3) is 0.290. The lowest BCUT2D eigenvalue weighted by atomic mass is 9.81.